The average Bonchev–Trinajstić information content (AvgIpc) is 2.69. The van der Waals surface area contributed by atoms with Crippen molar-refractivity contribution in [3.05, 3.63) is 65.7 Å². The SMILES string of the molecule is BC(=O)NCc1ccc(N[C@H]2CC[C@H](OC(=O)c3ccccc3)CC2)cc1. The van der Waals surface area contributed by atoms with Crippen molar-refractivity contribution in [3.8, 4) is 0 Å². The smallest absolute Gasteiger partial charge is 0.338 e. The van der Waals surface area contributed by atoms with Crippen LogP contribution in [0.1, 0.15) is 41.6 Å². The number of benzene rings is 2. The highest BCUT2D eigenvalue weighted by Crippen LogP contribution is 2.25. The van der Waals surface area contributed by atoms with E-state index in [0.717, 1.165) is 36.9 Å². The molecule has 6 heteroatoms. The van der Waals surface area contributed by atoms with Gasteiger partial charge in [-0.05, 0) is 55.5 Å². The monoisotopic (exact) mass is 364 g/mol. The van der Waals surface area contributed by atoms with Gasteiger partial charge in [-0.2, -0.15) is 0 Å². The topological polar surface area (TPSA) is 67.4 Å². The molecule has 1 aliphatic rings. The first-order valence-corrected chi connectivity index (χ1v) is 9.46. The highest BCUT2D eigenvalue weighted by atomic mass is 16.5. The molecule has 0 unspecified atom stereocenters. The largest absolute Gasteiger partial charge is 0.459 e. The third-order valence-electron chi connectivity index (χ3n) is 4.82. The molecule has 2 N–H and O–H groups in total. The van der Waals surface area contributed by atoms with Gasteiger partial charge in [0.25, 0.3) is 0 Å². The molecule has 1 fully saturated rings. The Balaban J connectivity index is 1.43. The zero-order valence-corrected chi connectivity index (χ0v) is 15.6. The van der Waals surface area contributed by atoms with Gasteiger partial charge >= 0.3 is 5.97 Å². The van der Waals surface area contributed by atoms with Crippen molar-refractivity contribution >= 4 is 25.3 Å². The first kappa shape index (κ1) is 19.0. The number of nitrogens with one attached hydrogen (secondary N) is 2. The summed E-state index contributed by atoms with van der Waals surface area (Å²) >= 11 is 0. The standard InChI is InChI=1S/C21H25BN2O3/c22-21(26)23-14-15-6-8-17(9-7-15)24-18-10-12-19(13-11-18)27-20(25)16-4-2-1-3-5-16/h1-9,18-19,24H,10-14,22H2,(H,23,26)/t18-,19-. The second kappa shape index (κ2) is 9.26. The molecule has 1 aliphatic carbocycles. The van der Waals surface area contributed by atoms with E-state index in [0.29, 0.717) is 18.2 Å². The summed E-state index contributed by atoms with van der Waals surface area (Å²) in [6, 6.07) is 17.7. The van der Waals surface area contributed by atoms with Crippen LogP contribution in [0.5, 0.6) is 0 Å². The number of hydrogen-bond donors (Lipinski definition) is 2. The van der Waals surface area contributed by atoms with Crippen molar-refractivity contribution in [3.63, 3.8) is 0 Å². The van der Waals surface area contributed by atoms with Crippen LogP contribution in [0.15, 0.2) is 54.6 Å². The first-order chi connectivity index (χ1) is 13.1. The Kier molecular flexibility index (Phi) is 6.52. The van der Waals surface area contributed by atoms with Gasteiger partial charge in [0.15, 0.2) is 5.81 Å². The second-order valence-corrected chi connectivity index (χ2v) is 7.00. The molecular formula is C21H25BN2O3. The van der Waals surface area contributed by atoms with Gasteiger partial charge in [0.05, 0.1) is 5.56 Å². The second-order valence-electron chi connectivity index (χ2n) is 7.00. The summed E-state index contributed by atoms with van der Waals surface area (Å²) in [5, 5.41) is 6.34. The zero-order valence-electron chi connectivity index (χ0n) is 15.6. The lowest BCUT2D eigenvalue weighted by Gasteiger charge is -2.29. The Morgan fingerprint density at radius 1 is 0.963 bits per heavy atom. The van der Waals surface area contributed by atoms with Gasteiger partial charge in [-0.1, -0.05) is 30.3 Å². The van der Waals surface area contributed by atoms with E-state index in [4.69, 9.17) is 4.74 Å². The van der Waals surface area contributed by atoms with Crippen molar-refractivity contribution in [2.24, 2.45) is 0 Å². The molecule has 140 valence electrons. The molecule has 0 spiro atoms. The van der Waals surface area contributed by atoms with E-state index in [9.17, 15) is 9.59 Å². The highest BCUT2D eigenvalue weighted by molar-refractivity contribution is 6.57. The Morgan fingerprint density at radius 2 is 1.63 bits per heavy atom. The lowest BCUT2D eigenvalue weighted by molar-refractivity contribution is 0.0202. The minimum atomic E-state index is -0.234. The molecule has 0 aromatic heterocycles. The fraction of sp³-hybridized carbons (Fsp3) is 0.333. The predicted molar refractivity (Wildman–Crippen MR) is 109 cm³/mol. The highest BCUT2D eigenvalue weighted by Gasteiger charge is 2.24. The lowest BCUT2D eigenvalue weighted by atomic mass is 9.92. The predicted octanol–water partition coefficient (Wildman–Crippen LogP) is 3.11. The minimum absolute atomic E-state index is 0.00390. The van der Waals surface area contributed by atoms with Gasteiger partial charge in [-0.15, -0.1) is 0 Å². The van der Waals surface area contributed by atoms with Gasteiger partial charge in [-0.3, -0.25) is 4.79 Å². The van der Waals surface area contributed by atoms with Crippen LogP contribution in [0.3, 0.4) is 0 Å². The Labute approximate surface area is 160 Å². The molecule has 0 saturated heterocycles. The molecule has 2 aromatic rings. The molecule has 0 aliphatic heterocycles. The van der Waals surface area contributed by atoms with Crippen molar-refractivity contribution < 1.29 is 14.3 Å². The van der Waals surface area contributed by atoms with E-state index in [2.05, 4.69) is 10.6 Å². The normalized spacial score (nSPS) is 19.1. The number of hydrogen-bond acceptors (Lipinski definition) is 4. The van der Waals surface area contributed by atoms with Crippen LogP contribution in [0.2, 0.25) is 0 Å². The summed E-state index contributed by atoms with van der Waals surface area (Å²) in [5.41, 5.74) is 2.76. The zero-order chi connectivity index (χ0) is 19.1. The molecule has 0 bridgehead atoms. The maximum absolute atomic E-state index is 12.1. The molecule has 0 heterocycles. The van der Waals surface area contributed by atoms with E-state index < -0.39 is 0 Å². The fourth-order valence-electron chi connectivity index (χ4n) is 3.30. The van der Waals surface area contributed by atoms with Crippen molar-refractivity contribution in [1.29, 1.82) is 0 Å². The molecular weight excluding hydrogens is 339 g/mol. The molecule has 1 amide bonds. The van der Waals surface area contributed by atoms with Gasteiger partial charge in [0.2, 0.25) is 7.85 Å². The first-order valence-electron chi connectivity index (χ1n) is 9.46. The van der Waals surface area contributed by atoms with Crippen molar-refractivity contribution in [2.75, 3.05) is 5.32 Å². The molecule has 0 radical (unpaired) electrons. The Hall–Kier alpha value is -2.76. The fourth-order valence-corrected chi connectivity index (χ4v) is 3.30. The summed E-state index contributed by atoms with van der Waals surface area (Å²) in [6.07, 6.45) is 3.69. The quantitative estimate of drug-likeness (QED) is 0.611. The van der Waals surface area contributed by atoms with Gasteiger partial charge in [0, 0.05) is 18.3 Å². The summed E-state index contributed by atoms with van der Waals surface area (Å²) in [5.74, 6) is -0.260. The number of esters is 1. The van der Waals surface area contributed by atoms with Crippen LogP contribution < -0.4 is 10.6 Å². The molecule has 2 aromatic carbocycles. The van der Waals surface area contributed by atoms with Crippen LogP contribution in [-0.4, -0.2) is 31.8 Å². The van der Waals surface area contributed by atoms with E-state index in [1.54, 1.807) is 12.1 Å². The van der Waals surface area contributed by atoms with E-state index in [1.807, 2.05) is 42.5 Å². The molecule has 3 rings (SSSR count). The van der Waals surface area contributed by atoms with Gasteiger partial charge in [0.1, 0.15) is 6.10 Å². The van der Waals surface area contributed by atoms with Crippen molar-refractivity contribution in [1.82, 2.24) is 5.32 Å². The number of rotatable bonds is 6. The van der Waals surface area contributed by atoms with Crippen LogP contribution in [-0.2, 0) is 11.3 Å². The van der Waals surface area contributed by atoms with Crippen molar-refractivity contribution in [2.45, 2.75) is 44.4 Å². The number of carbonyl (C=O) groups excluding carboxylic acids is 2. The molecule has 0 atom stereocenters. The minimum Gasteiger partial charge on any atom is -0.459 e. The summed E-state index contributed by atoms with van der Waals surface area (Å²) < 4.78 is 5.64. The maximum Gasteiger partial charge on any atom is 0.338 e. The summed E-state index contributed by atoms with van der Waals surface area (Å²) in [4.78, 5) is 23.1. The van der Waals surface area contributed by atoms with Crippen LogP contribution in [0.25, 0.3) is 0 Å². The Morgan fingerprint density at radius 3 is 2.26 bits per heavy atom. The molecule has 5 nitrogen and oxygen atoms in total. The van der Waals surface area contributed by atoms with Crippen LogP contribution in [0.4, 0.5) is 10.5 Å². The molecule has 1 saturated carbocycles. The van der Waals surface area contributed by atoms with Gasteiger partial charge in [-0.25, -0.2) is 4.79 Å². The van der Waals surface area contributed by atoms with Crippen LogP contribution in [0, 0.1) is 0 Å². The Bertz CT molecular complexity index is 757. The number of carbonyl (C=O) groups is 2. The van der Waals surface area contributed by atoms with E-state index in [1.165, 1.54) is 7.85 Å². The van der Waals surface area contributed by atoms with E-state index in [-0.39, 0.29) is 17.9 Å². The summed E-state index contributed by atoms with van der Waals surface area (Å²) in [7, 11) is 1.52. The lowest BCUT2D eigenvalue weighted by Crippen LogP contribution is -2.31. The molecule has 27 heavy (non-hydrogen) atoms. The van der Waals surface area contributed by atoms with Crippen LogP contribution >= 0.6 is 0 Å². The number of amides is 1. The van der Waals surface area contributed by atoms with Gasteiger partial charge < -0.3 is 15.4 Å². The average molecular weight is 364 g/mol. The maximum atomic E-state index is 12.1. The summed E-state index contributed by atoms with van der Waals surface area (Å²) in [6.45, 7) is 0.549. The number of anilines is 1. The third kappa shape index (κ3) is 5.88. The number of ether oxygens (including phenoxy) is 1. The third-order valence-corrected chi connectivity index (χ3v) is 4.82. The van der Waals surface area contributed by atoms with E-state index >= 15 is 0 Å².